The number of hydrogen-bond acceptors (Lipinski definition) is 3. The molecule has 3 rings (SSSR count). The highest BCUT2D eigenvalue weighted by atomic mass is 35.5. The van der Waals surface area contributed by atoms with Crippen molar-refractivity contribution in [2.24, 2.45) is 0 Å². The first-order chi connectivity index (χ1) is 13.8. The fourth-order valence-corrected chi connectivity index (χ4v) is 3.58. The van der Waals surface area contributed by atoms with Gasteiger partial charge in [0, 0.05) is 17.1 Å². The van der Waals surface area contributed by atoms with E-state index in [1.165, 1.54) is 0 Å². The Labute approximate surface area is 186 Å². The van der Waals surface area contributed by atoms with Gasteiger partial charge in [0.05, 0.1) is 31.2 Å². The van der Waals surface area contributed by atoms with E-state index in [1.54, 1.807) is 24.3 Å². The second kappa shape index (κ2) is 8.93. The molecule has 9 heteroatoms. The number of carbonyl (C=O) groups excluding carboxylic acids is 1. The van der Waals surface area contributed by atoms with Gasteiger partial charge in [0.1, 0.15) is 0 Å². The zero-order valence-corrected chi connectivity index (χ0v) is 17.5. The first-order valence-electron chi connectivity index (χ1n) is 8.12. The van der Waals surface area contributed by atoms with Crippen LogP contribution in [0, 0.1) is 0 Å². The molecule has 0 aromatic heterocycles. The van der Waals surface area contributed by atoms with Crippen molar-refractivity contribution < 1.29 is 14.7 Å². The zero-order chi connectivity index (χ0) is 21.1. The number of anilines is 3. The van der Waals surface area contributed by atoms with E-state index in [4.69, 9.17) is 46.4 Å². The minimum atomic E-state index is -1.46. The lowest BCUT2D eigenvalue weighted by molar-refractivity contribution is 0.0692. The number of rotatable bonds is 5. The second-order valence-electron chi connectivity index (χ2n) is 5.83. The molecule has 0 atom stereocenters. The first-order valence-corrected chi connectivity index (χ1v) is 9.63. The lowest BCUT2D eigenvalue weighted by Gasteiger charge is -2.14. The number of benzene rings is 3. The van der Waals surface area contributed by atoms with Crippen LogP contribution >= 0.6 is 46.4 Å². The summed E-state index contributed by atoms with van der Waals surface area (Å²) in [5, 5.41) is 14.2. The summed E-state index contributed by atoms with van der Waals surface area (Å²) < 4.78 is 0. The van der Waals surface area contributed by atoms with E-state index >= 15 is 0 Å². The highest BCUT2D eigenvalue weighted by Gasteiger charge is 2.28. The molecule has 29 heavy (non-hydrogen) atoms. The summed E-state index contributed by atoms with van der Waals surface area (Å²) in [4.78, 5) is 24.3. The zero-order valence-electron chi connectivity index (χ0n) is 14.5. The lowest BCUT2D eigenvalue weighted by Crippen LogP contribution is -2.18. The maximum absolute atomic E-state index is 12.7. The number of carbonyl (C=O) groups is 2. The molecule has 1 amide bonds. The van der Waals surface area contributed by atoms with Crippen LogP contribution < -0.4 is 10.6 Å². The standard InChI is InChI=1S/C20H12Cl4N2O3/c21-15-13(14(20(28)29)16(22)18(24)17(15)23)19(27)26-12-8-6-11(7-9-12)25-10-4-2-1-3-5-10/h1-9,25H,(H,26,27)(H,28,29). The van der Waals surface area contributed by atoms with Crippen molar-refractivity contribution in [1.82, 2.24) is 0 Å². The normalized spacial score (nSPS) is 10.5. The molecular weight excluding hydrogens is 458 g/mol. The monoisotopic (exact) mass is 468 g/mol. The number of hydrogen-bond donors (Lipinski definition) is 3. The molecule has 0 spiro atoms. The summed E-state index contributed by atoms with van der Waals surface area (Å²) in [6, 6.07) is 16.4. The average Bonchev–Trinajstić information content (AvgIpc) is 2.70. The fourth-order valence-electron chi connectivity index (χ4n) is 2.56. The van der Waals surface area contributed by atoms with Crippen molar-refractivity contribution in [3.05, 3.63) is 85.8 Å². The number of amides is 1. The van der Waals surface area contributed by atoms with Crippen LogP contribution in [0.25, 0.3) is 0 Å². The Morgan fingerprint density at radius 2 is 1.14 bits per heavy atom. The number of aromatic carboxylic acids is 1. The van der Waals surface area contributed by atoms with Crippen molar-refractivity contribution in [2.45, 2.75) is 0 Å². The molecule has 3 N–H and O–H groups in total. The minimum Gasteiger partial charge on any atom is -0.478 e. The predicted octanol–water partition coefficient (Wildman–Crippen LogP) is 6.99. The van der Waals surface area contributed by atoms with E-state index in [0.29, 0.717) is 5.69 Å². The van der Waals surface area contributed by atoms with Crippen molar-refractivity contribution in [2.75, 3.05) is 10.6 Å². The summed E-state index contributed by atoms with van der Waals surface area (Å²) in [6.45, 7) is 0. The summed E-state index contributed by atoms with van der Waals surface area (Å²) in [5.41, 5.74) is 1.24. The molecule has 0 aliphatic rings. The first kappa shape index (κ1) is 21.3. The molecule has 0 aliphatic carbocycles. The quantitative estimate of drug-likeness (QED) is 0.277. The van der Waals surface area contributed by atoms with Gasteiger partial charge in [-0.25, -0.2) is 4.79 Å². The maximum atomic E-state index is 12.7. The highest BCUT2D eigenvalue weighted by Crippen LogP contribution is 2.41. The number of carboxylic acids is 1. The molecule has 148 valence electrons. The third-order valence-electron chi connectivity index (χ3n) is 3.91. The number of nitrogens with one attached hydrogen (secondary N) is 2. The van der Waals surface area contributed by atoms with E-state index < -0.39 is 17.4 Å². The van der Waals surface area contributed by atoms with Crippen molar-refractivity contribution >= 4 is 75.3 Å². The van der Waals surface area contributed by atoms with Crippen LogP contribution in [-0.2, 0) is 0 Å². The van der Waals surface area contributed by atoms with Gasteiger partial charge >= 0.3 is 5.97 Å². The van der Waals surface area contributed by atoms with Crippen LogP contribution in [0.4, 0.5) is 17.1 Å². The Morgan fingerprint density at radius 3 is 1.69 bits per heavy atom. The topological polar surface area (TPSA) is 78.4 Å². The molecule has 0 saturated carbocycles. The largest absolute Gasteiger partial charge is 0.478 e. The van der Waals surface area contributed by atoms with E-state index in [9.17, 15) is 14.7 Å². The molecule has 0 fully saturated rings. The molecule has 0 aliphatic heterocycles. The van der Waals surface area contributed by atoms with E-state index in [0.717, 1.165) is 11.4 Å². The van der Waals surface area contributed by atoms with Gasteiger partial charge in [-0.2, -0.15) is 0 Å². The molecule has 0 unspecified atom stereocenters. The Kier molecular flexibility index (Phi) is 6.55. The third kappa shape index (κ3) is 4.60. The number of carboxylic acid groups (broad SMARTS) is 1. The highest BCUT2D eigenvalue weighted by molar-refractivity contribution is 6.54. The van der Waals surface area contributed by atoms with Crippen LogP contribution in [0.15, 0.2) is 54.6 Å². The van der Waals surface area contributed by atoms with Gasteiger partial charge in [-0.1, -0.05) is 64.6 Å². The molecule has 0 saturated heterocycles. The lowest BCUT2D eigenvalue weighted by atomic mass is 10.1. The van der Waals surface area contributed by atoms with Gasteiger partial charge in [-0.3, -0.25) is 4.79 Å². The van der Waals surface area contributed by atoms with Gasteiger partial charge in [-0.05, 0) is 36.4 Å². The van der Waals surface area contributed by atoms with E-state index in [2.05, 4.69) is 10.6 Å². The second-order valence-corrected chi connectivity index (χ2v) is 7.35. The molecule has 0 radical (unpaired) electrons. The smallest absolute Gasteiger partial charge is 0.338 e. The molecule has 5 nitrogen and oxygen atoms in total. The summed E-state index contributed by atoms with van der Waals surface area (Å²) in [6.07, 6.45) is 0. The molecular formula is C20H12Cl4N2O3. The summed E-state index contributed by atoms with van der Waals surface area (Å²) >= 11 is 23.9. The van der Waals surface area contributed by atoms with Crippen LogP contribution in [0.1, 0.15) is 20.7 Å². The third-order valence-corrected chi connectivity index (χ3v) is 5.72. The Balaban J connectivity index is 1.86. The van der Waals surface area contributed by atoms with Gasteiger partial charge in [-0.15, -0.1) is 0 Å². The Bertz CT molecular complexity index is 1090. The SMILES string of the molecule is O=C(O)c1c(Cl)c(Cl)c(Cl)c(Cl)c1C(=O)Nc1ccc(Nc2ccccc2)cc1. The molecule has 0 bridgehead atoms. The van der Waals surface area contributed by atoms with Crippen LogP contribution in [0.5, 0.6) is 0 Å². The van der Waals surface area contributed by atoms with E-state index in [1.807, 2.05) is 30.3 Å². The predicted molar refractivity (Wildman–Crippen MR) is 118 cm³/mol. The van der Waals surface area contributed by atoms with Gasteiger partial charge in [0.15, 0.2) is 0 Å². The van der Waals surface area contributed by atoms with Crippen molar-refractivity contribution in [3.8, 4) is 0 Å². The number of halogens is 4. The Morgan fingerprint density at radius 1 is 0.655 bits per heavy atom. The summed E-state index contributed by atoms with van der Waals surface area (Å²) in [5.74, 6) is -2.24. The number of para-hydroxylation sites is 1. The molecule has 3 aromatic rings. The van der Waals surface area contributed by atoms with Crippen LogP contribution in [0.2, 0.25) is 20.1 Å². The van der Waals surface area contributed by atoms with Gasteiger partial charge in [0.25, 0.3) is 5.91 Å². The fraction of sp³-hybridized carbons (Fsp3) is 0. The molecule has 0 heterocycles. The van der Waals surface area contributed by atoms with Gasteiger partial charge in [0.2, 0.25) is 0 Å². The summed E-state index contributed by atoms with van der Waals surface area (Å²) in [7, 11) is 0. The van der Waals surface area contributed by atoms with E-state index in [-0.39, 0.29) is 25.7 Å². The average molecular weight is 470 g/mol. The van der Waals surface area contributed by atoms with Gasteiger partial charge < -0.3 is 15.7 Å². The molecule has 3 aromatic carbocycles. The Hall–Kier alpha value is -2.44. The van der Waals surface area contributed by atoms with Crippen LogP contribution in [0.3, 0.4) is 0 Å². The van der Waals surface area contributed by atoms with Crippen molar-refractivity contribution in [3.63, 3.8) is 0 Å². The maximum Gasteiger partial charge on any atom is 0.338 e. The van der Waals surface area contributed by atoms with Crippen LogP contribution in [-0.4, -0.2) is 17.0 Å². The van der Waals surface area contributed by atoms with Crippen molar-refractivity contribution in [1.29, 1.82) is 0 Å². The minimum absolute atomic E-state index is 0.198.